The van der Waals surface area contributed by atoms with Gasteiger partial charge in [-0.1, -0.05) is 24.3 Å². The Morgan fingerprint density at radius 2 is 1.59 bits per heavy atom. The largest absolute Gasteiger partial charge is 0.383 e. The third kappa shape index (κ3) is 5.31. The summed E-state index contributed by atoms with van der Waals surface area (Å²) in [6, 6.07) is 8.46. The molecule has 0 bridgehead atoms. The van der Waals surface area contributed by atoms with Gasteiger partial charge in [0.15, 0.2) is 0 Å². The molecular formula is C14H23NO2. The zero-order valence-electron chi connectivity index (χ0n) is 11.2. The molecule has 1 N–H and O–H groups in total. The number of hydrogen-bond donors (Lipinski definition) is 1. The Labute approximate surface area is 104 Å². The molecule has 17 heavy (non-hydrogen) atoms. The predicted octanol–water partition coefficient (Wildman–Crippen LogP) is 2.35. The third-order valence-electron chi connectivity index (χ3n) is 2.61. The Kier molecular flexibility index (Phi) is 5.62. The first kappa shape index (κ1) is 14.2. The molecule has 1 aromatic rings. The van der Waals surface area contributed by atoms with E-state index in [0.29, 0.717) is 13.2 Å². The Hall–Kier alpha value is -0.900. The minimum Gasteiger partial charge on any atom is -0.383 e. The smallest absolute Gasteiger partial charge is 0.0713 e. The van der Waals surface area contributed by atoms with Crippen LogP contribution >= 0.6 is 0 Å². The first-order valence-electron chi connectivity index (χ1n) is 5.88. The first-order valence-corrected chi connectivity index (χ1v) is 5.88. The summed E-state index contributed by atoms with van der Waals surface area (Å²) in [6.07, 6.45) is 0. The van der Waals surface area contributed by atoms with Crippen LogP contribution in [-0.2, 0) is 22.6 Å². The van der Waals surface area contributed by atoms with Crippen molar-refractivity contribution in [1.82, 2.24) is 5.32 Å². The maximum Gasteiger partial charge on any atom is 0.0713 e. The molecule has 0 heterocycles. The zero-order chi connectivity index (χ0) is 12.7. The number of nitrogens with one attached hydrogen (secondary N) is 1. The monoisotopic (exact) mass is 237 g/mol. The van der Waals surface area contributed by atoms with Crippen LogP contribution in [0.4, 0.5) is 0 Å². The van der Waals surface area contributed by atoms with E-state index in [1.165, 1.54) is 11.1 Å². The lowest BCUT2D eigenvalue weighted by Crippen LogP contribution is -2.42. The zero-order valence-corrected chi connectivity index (χ0v) is 11.2. The van der Waals surface area contributed by atoms with E-state index in [4.69, 9.17) is 9.47 Å². The summed E-state index contributed by atoms with van der Waals surface area (Å²) < 4.78 is 10.2. The topological polar surface area (TPSA) is 30.5 Å². The molecule has 0 aliphatic rings. The van der Waals surface area contributed by atoms with Crippen LogP contribution in [-0.4, -0.2) is 26.4 Å². The molecule has 96 valence electrons. The van der Waals surface area contributed by atoms with Crippen molar-refractivity contribution < 1.29 is 9.47 Å². The number of hydrogen-bond acceptors (Lipinski definition) is 3. The van der Waals surface area contributed by atoms with E-state index in [1.807, 2.05) is 0 Å². The standard InChI is InChI=1S/C14H23NO2/c1-14(2,11-17-4)15-9-12-5-7-13(8-6-12)10-16-3/h5-8,15H,9-11H2,1-4H3. The molecule has 0 aromatic heterocycles. The molecule has 0 unspecified atom stereocenters. The molecule has 0 aliphatic carbocycles. The van der Waals surface area contributed by atoms with Crippen LogP contribution in [0.25, 0.3) is 0 Å². The molecule has 0 amide bonds. The Bertz CT molecular complexity index is 319. The Morgan fingerprint density at radius 3 is 2.12 bits per heavy atom. The summed E-state index contributed by atoms with van der Waals surface area (Å²) >= 11 is 0. The van der Waals surface area contributed by atoms with Crippen molar-refractivity contribution in [2.24, 2.45) is 0 Å². The Morgan fingerprint density at radius 1 is 1.00 bits per heavy atom. The van der Waals surface area contributed by atoms with Gasteiger partial charge in [0.25, 0.3) is 0 Å². The molecule has 3 heteroatoms. The quantitative estimate of drug-likeness (QED) is 0.789. The third-order valence-corrected chi connectivity index (χ3v) is 2.61. The van der Waals surface area contributed by atoms with Gasteiger partial charge in [-0.15, -0.1) is 0 Å². The fourth-order valence-electron chi connectivity index (χ4n) is 1.67. The lowest BCUT2D eigenvalue weighted by molar-refractivity contribution is 0.128. The van der Waals surface area contributed by atoms with Crippen molar-refractivity contribution in [2.45, 2.75) is 32.5 Å². The van der Waals surface area contributed by atoms with Gasteiger partial charge in [0.05, 0.1) is 13.2 Å². The first-order chi connectivity index (χ1) is 8.07. The summed E-state index contributed by atoms with van der Waals surface area (Å²) in [5.41, 5.74) is 2.47. The minimum atomic E-state index is -0.0000485. The van der Waals surface area contributed by atoms with Crippen molar-refractivity contribution in [3.05, 3.63) is 35.4 Å². The normalized spacial score (nSPS) is 11.8. The van der Waals surface area contributed by atoms with Crippen LogP contribution in [0.3, 0.4) is 0 Å². The molecule has 0 atom stereocenters. The fourth-order valence-corrected chi connectivity index (χ4v) is 1.67. The lowest BCUT2D eigenvalue weighted by Gasteiger charge is -2.25. The molecule has 0 aliphatic heterocycles. The van der Waals surface area contributed by atoms with E-state index >= 15 is 0 Å². The van der Waals surface area contributed by atoms with Gasteiger partial charge >= 0.3 is 0 Å². The highest BCUT2D eigenvalue weighted by Crippen LogP contribution is 2.08. The average molecular weight is 237 g/mol. The van der Waals surface area contributed by atoms with Crippen molar-refractivity contribution in [3.63, 3.8) is 0 Å². The van der Waals surface area contributed by atoms with Gasteiger partial charge < -0.3 is 14.8 Å². The van der Waals surface area contributed by atoms with Crippen molar-refractivity contribution in [3.8, 4) is 0 Å². The van der Waals surface area contributed by atoms with Crippen LogP contribution in [0.15, 0.2) is 24.3 Å². The van der Waals surface area contributed by atoms with Gasteiger partial charge in [-0.25, -0.2) is 0 Å². The summed E-state index contributed by atoms with van der Waals surface area (Å²) in [5, 5.41) is 3.47. The SMILES string of the molecule is COCc1ccc(CNC(C)(C)COC)cc1. The lowest BCUT2D eigenvalue weighted by atomic mass is 10.1. The fraction of sp³-hybridized carbons (Fsp3) is 0.571. The second-order valence-corrected chi connectivity index (χ2v) is 4.92. The summed E-state index contributed by atoms with van der Waals surface area (Å²) in [5.74, 6) is 0. The average Bonchev–Trinajstić information content (AvgIpc) is 2.29. The molecule has 0 spiro atoms. The van der Waals surface area contributed by atoms with Crippen LogP contribution in [0.5, 0.6) is 0 Å². The maximum absolute atomic E-state index is 5.17. The molecule has 3 nitrogen and oxygen atoms in total. The maximum atomic E-state index is 5.17. The van der Waals surface area contributed by atoms with E-state index in [2.05, 4.69) is 43.4 Å². The summed E-state index contributed by atoms with van der Waals surface area (Å²) in [7, 11) is 3.44. The number of benzene rings is 1. The van der Waals surface area contributed by atoms with Crippen LogP contribution < -0.4 is 5.32 Å². The van der Waals surface area contributed by atoms with Crippen molar-refractivity contribution >= 4 is 0 Å². The molecule has 1 aromatic carbocycles. The highest BCUT2D eigenvalue weighted by atomic mass is 16.5. The van der Waals surface area contributed by atoms with E-state index in [-0.39, 0.29) is 5.54 Å². The van der Waals surface area contributed by atoms with E-state index in [1.54, 1.807) is 14.2 Å². The number of rotatable bonds is 7. The molecule has 0 saturated carbocycles. The van der Waals surface area contributed by atoms with Gasteiger partial charge in [-0.3, -0.25) is 0 Å². The van der Waals surface area contributed by atoms with Crippen LogP contribution in [0.2, 0.25) is 0 Å². The van der Waals surface area contributed by atoms with Crippen molar-refractivity contribution in [1.29, 1.82) is 0 Å². The Balaban J connectivity index is 2.46. The van der Waals surface area contributed by atoms with E-state index in [0.717, 1.165) is 6.54 Å². The second-order valence-electron chi connectivity index (χ2n) is 4.92. The number of ether oxygens (including phenoxy) is 2. The highest BCUT2D eigenvalue weighted by Gasteiger charge is 2.15. The van der Waals surface area contributed by atoms with Gasteiger partial charge in [0, 0.05) is 26.3 Å². The highest BCUT2D eigenvalue weighted by molar-refractivity contribution is 5.22. The number of methoxy groups -OCH3 is 2. The molecule has 0 radical (unpaired) electrons. The van der Waals surface area contributed by atoms with Crippen LogP contribution in [0.1, 0.15) is 25.0 Å². The predicted molar refractivity (Wildman–Crippen MR) is 69.9 cm³/mol. The summed E-state index contributed by atoms with van der Waals surface area (Å²) in [4.78, 5) is 0. The van der Waals surface area contributed by atoms with E-state index < -0.39 is 0 Å². The van der Waals surface area contributed by atoms with Gasteiger partial charge in [0.2, 0.25) is 0 Å². The van der Waals surface area contributed by atoms with Gasteiger partial charge in [-0.2, -0.15) is 0 Å². The van der Waals surface area contributed by atoms with E-state index in [9.17, 15) is 0 Å². The molecular weight excluding hydrogens is 214 g/mol. The molecule has 0 saturated heterocycles. The van der Waals surface area contributed by atoms with Gasteiger partial charge in [-0.05, 0) is 25.0 Å². The molecule has 0 fully saturated rings. The second kappa shape index (κ2) is 6.74. The van der Waals surface area contributed by atoms with Crippen LogP contribution in [0, 0.1) is 0 Å². The van der Waals surface area contributed by atoms with Gasteiger partial charge in [0.1, 0.15) is 0 Å². The molecule has 1 rings (SSSR count). The minimum absolute atomic E-state index is 0.0000485. The van der Waals surface area contributed by atoms with Crippen molar-refractivity contribution in [2.75, 3.05) is 20.8 Å². The summed E-state index contributed by atoms with van der Waals surface area (Å²) in [6.45, 7) is 6.49.